The molecule has 2 aromatic rings. The van der Waals surface area contributed by atoms with Crippen molar-refractivity contribution in [1.82, 2.24) is 9.78 Å². The van der Waals surface area contributed by atoms with Gasteiger partial charge in [-0.15, -0.1) is 0 Å². The van der Waals surface area contributed by atoms with Crippen molar-refractivity contribution in [3.63, 3.8) is 0 Å². The summed E-state index contributed by atoms with van der Waals surface area (Å²) in [6.45, 7) is 1.30. The Hall–Kier alpha value is -1.13. The summed E-state index contributed by atoms with van der Waals surface area (Å²) in [5.74, 6) is 0. The smallest absolute Gasteiger partial charge is 0.134 e. The fourth-order valence-corrected chi connectivity index (χ4v) is 2.28. The standard InChI is InChI=1S/C11H9BrN2O/c12-11-9-6-15-7-10(9)14(13-11)8-4-2-1-3-5-8/h1-5H,6-7H2. The first-order chi connectivity index (χ1) is 7.36. The van der Waals surface area contributed by atoms with Crippen molar-refractivity contribution in [1.29, 1.82) is 0 Å². The second kappa shape index (κ2) is 3.47. The molecule has 1 aromatic heterocycles. The van der Waals surface area contributed by atoms with Crippen LogP contribution in [0.15, 0.2) is 34.9 Å². The topological polar surface area (TPSA) is 27.1 Å². The van der Waals surface area contributed by atoms with E-state index < -0.39 is 0 Å². The highest BCUT2D eigenvalue weighted by molar-refractivity contribution is 9.10. The molecule has 0 radical (unpaired) electrons. The first kappa shape index (κ1) is 9.12. The van der Waals surface area contributed by atoms with Gasteiger partial charge in [0, 0.05) is 5.56 Å². The maximum atomic E-state index is 5.41. The molecule has 0 bridgehead atoms. The monoisotopic (exact) mass is 264 g/mol. The highest BCUT2D eigenvalue weighted by atomic mass is 79.9. The van der Waals surface area contributed by atoms with Gasteiger partial charge in [0.05, 0.1) is 24.6 Å². The van der Waals surface area contributed by atoms with Crippen LogP contribution in [0.5, 0.6) is 0 Å². The number of nitrogens with zero attached hydrogens (tertiary/aromatic N) is 2. The number of aromatic nitrogens is 2. The van der Waals surface area contributed by atoms with Gasteiger partial charge >= 0.3 is 0 Å². The molecule has 76 valence electrons. The lowest BCUT2D eigenvalue weighted by Gasteiger charge is -2.03. The van der Waals surface area contributed by atoms with Crippen LogP contribution in [0.3, 0.4) is 0 Å². The van der Waals surface area contributed by atoms with E-state index in [1.165, 1.54) is 5.56 Å². The molecule has 1 aliphatic heterocycles. The molecule has 0 atom stereocenters. The molecule has 0 saturated carbocycles. The van der Waals surface area contributed by atoms with Gasteiger partial charge < -0.3 is 4.74 Å². The Morgan fingerprint density at radius 1 is 1.20 bits per heavy atom. The molecule has 3 rings (SSSR count). The lowest BCUT2D eigenvalue weighted by molar-refractivity contribution is 0.130. The maximum Gasteiger partial charge on any atom is 0.134 e. The Morgan fingerprint density at radius 2 is 2.00 bits per heavy atom. The predicted octanol–water partition coefficient (Wildman–Crippen LogP) is 2.67. The summed E-state index contributed by atoms with van der Waals surface area (Å²) < 4.78 is 8.23. The third-order valence-corrected chi connectivity index (χ3v) is 3.16. The first-order valence-electron chi connectivity index (χ1n) is 4.75. The number of hydrogen-bond donors (Lipinski definition) is 0. The molecule has 0 N–H and O–H groups in total. The van der Waals surface area contributed by atoms with E-state index in [-0.39, 0.29) is 0 Å². The van der Waals surface area contributed by atoms with Crippen molar-refractivity contribution in [2.75, 3.05) is 0 Å². The average molecular weight is 265 g/mol. The number of benzene rings is 1. The van der Waals surface area contributed by atoms with Crippen molar-refractivity contribution >= 4 is 15.9 Å². The van der Waals surface area contributed by atoms with E-state index in [9.17, 15) is 0 Å². The van der Waals surface area contributed by atoms with E-state index in [0.29, 0.717) is 13.2 Å². The highest BCUT2D eigenvalue weighted by Gasteiger charge is 2.22. The van der Waals surface area contributed by atoms with Gasteiger partial charge in [-0.25, -0.2) is 4.68 Å². The van der Waals surface area contributed by atoms with E-state index >= 15 is 0 Å². The summed E-state index contributed by atoms with van der Waals surface area (Å²) in [7, 11) is 0. The van der Waals surface area contributed by atoms with Crippen LogP contribution in [0.2, 0.25) is 0 Å². The van der Waals surface area contributed by atoms with Crippen molar-refractivity contribution in [3.05, 3.63) is 46.2 Å². The van der Waals surface area contributed by atoms with Crippen LogP contribution >= 0.6 is 15.9 Å². The molecule has 0 fully saturated rings. The van der Waals surface area contributed by atoms with Crippen LogP contribution in [-0.4, -0.2) is 9.78 Å². The van der Waals surface area contributed by atoms with Crippen LogP contribution < -0.4 is 0 Å². The second-order valence-electron chi connectivity index (χ2n) is 3.46. The van der Waals surface area contributed by atoms with Crippen LogP contribution in [0.25, 0.3) is 5.69 Å². The Balaban J connectivity index is 2.18. The minimum Gasteiger partial charge on any atom is -0.370 e. The van der Waals surface area contributed by atoms with Crippen molar-refractivity contribution < 1.29 is 4.74 Å². The molecular weight excluding hydrogens is 256 g/mol. The highest BCUT2D eigenvalue weighted by Crippen LogP contribution is 2.28. The quantitative estimate of drug-likeness (QED) is 0.792. The molecule has 4 heteroatoms. The summed E-state index contributed by atoms with van der Waals surface area (Å²) in [4.78, 5) is 0. The van der Waals surface area contributed by atoms with Crippen LogP contribution in [0.4, 0.5) is 0 Å². The summed E-state index contributed by atoms with van der Waals surface area (Å²) in [6, 6.07) is 10.1. The zero-order chi connectivity index (χ0) is 10.3. The number of halogens is 1. The molecule has 0 amide bonds. The third kappa shape index (κ3) is 1.41. The third-order valence-electron chi connectivity index (χ3n) is 2.53. The summed E-state index contributed by atoms with van der Waals surface area (Å²) >= 11 is 3.45. The van der Waals surface area contributed by atoms with Crippen LogP contribution in [0, 0.1) is 0 Å². The van der Waals surface area contributed by atoms with Crippen molar-refractivity contribution in [2.24, 2.45) is 0 Å². The number of fused-ring (bicyclic) bond motifs is 1. The van der Waals surface area contributed by atoms with E-state index in [1.807, 2.05) is 35.0 Å². The number of rotatable bonds is 1. The van der Waals surface area contributed by atoms with Gasteiger partial charge in [-0.2, -0.15) is 5.10 Å². The van der Waals surface area contributed by atoms with Gasteiger partial charge in [-0.05, 0) is 28.1 Å². The molecule has 0 spiro atoms. The zero-order valence-electron chi connectivity index (χ0n) is 7.98. The van der Waals surface area contributed by atoms with Crippen LogP contribution in [0.1, 0.15) is 11.3 Å². The van der Waals surface area contributed by atoms with Crippen molar-refractivity contribution in [2.45, 2.75) is 13.2 Å². The Morgan fingerprint density at radius 3 is 2.80 bits per heavy atom. The van der Waals surface area contributed by atoms with Crippen LogP contribution in [-0.2, 0) is 18.0 Å². The molecule has 1 aromatic carbocycles. The molecule has 0 aliphatic carbocycles. The summed E-state index contributed by atoms with van der Waals surface area (Å²) in [5, 5.41) is 4.46. The van der Waals surface area contributed by atoms with Gasteiger partial charge in [-0.3, -0.25) is 0 Å². The van der Waals surface area contributed by atoms with E-state index in [2.05, 4.69) is 21.0 Å². The predicted molar refractivity (Wildman–Crippen MR) is 59.8 cm³/mol. The van der Waals surface area contributed by atoms with Gasteiger partial charge in [0.2, 0.25) is 0 Å². The van der Waals surface area contributed by atoms with Gasteiger partial charge in [0.25, 0.3) is 0 Å². The van der Waals surface area contributed by atoms with E-state index in [0.717, 1.165) is 16.0 Å². The summed E-state index contributed by atoms with van der Waals surface area (Å²) in [6.07, 6.45) is 0. The molecule has 2 heterocycles. The Kier molecular flexibility index (Phi) is 2.11. The number of hydrogen-bond acceptors (Lipinski definition) is 2. The lowest BCUT2D eigenvalue weighted by Crippen LogP contribution is -2.00. The molecule has 1 aliphatic rings. The van der Waals surface area contributed by atoms with E-state index in [4.69, 9.17) is 4.74 Å². The summed E-state index contributed by atoms with van der Waals surface area (Å²) in [5.41, 5.74) is 3.39. The van der Waals surface area contributed by atoms with E-state index in [1.54, 1.807) is 0 Å². The average Bonchev–Trinajstić information content (AvgIpc) is 2.84. The van der Waals surface area contributed by atoms with Gasteiger partial charge in [-0.1, -0.05) is 18.2 Å². The largest absolute Gasteiger partial charge is 0.370 e. The fourth-order valence-electron chi connectivity index (χ4n) is 1.78. The van der Waals surface area contributed by atoms with Gasteiger partial charge in [0.15, 0.2) is 0 Å². The maximum absolute atomic E-state index is 5.41. The molecule has 0 unspecified atom stereocenters. The molecule has 15 heavy (non-hydrogen) atoms. The zero-order valence-corrected chi connectivity index (χ0v) is 9.57. The van der Waals surface area contributed by atoms with Crippen molar-refractivity contribution in [3.8, 4) is 5.69 Å². The first-order valence-corrected chi connectivity index (χ1v) is 5.55. The molecule has 0 saturated heterocycles. The Bertz CT molecular complexity index is 493. The fraction of sp³-hybridized carbons (Fsp3) is 0.182. The minimum absolute atomic E-state index is 0.642. The molecule has 3 nitrogen and oxygen atoms in total. The Labute approximate surface area is 95.8 Å². The number of ether oxygens (including phenoxy) is 1. The number of para-hydroxylation sites is 1. The molecular formula is C11H9BrN2O. The minimum atomic E-state index is 0.642. The second-order valence-corrected chi connectivity index (χ2v) is 4.21. The van der Waals surface area contributed by atoms with Gasteiger partial charge in [0.1, 0.15) is 4.60 Å². The lowest BCUT2D eigenvalue weighted by atomic mass is 10.3. The SMILES string of the molecule is Brc1nn(-c2ccccc2)c2c1COC2. The normalized spacial score (nSPS) is 14.2.